The van der Waals surface area contributed by atoms with Crippen LogP contribution in [0.4, 0.5) is 0 Å². The number of carbonyl (C=O) groups excluding carboxylic acids is 1. The lowest BCUT2D eigenvalue weighted by Gasteiger charge is -2.07. The monoisotopic (exact) mass is 339 g/mol. The summed E-state index contributed by atoms with van der Waals surface area (Å²) in [6.07, 6.45) is 0.0995. The van der Waals surface area contributed by atoms with Crippen LogP contribution >= 0.6 is 11.8 Å². The normalized spacial score (nSPS) is 10.7. The maximum Gasteiger partial charge on any atom is 0.251 e. The van der Waals surface area contributed by atoms with Crippen molar-refractivity contribution in [2.24, 2.45) is 0 Å². The lowest BCUT2D eigenvalue weighted by Crippen LogP contribution is -2.22. The summed E-state index contributed by atoms with van der Waals surface area (Å²) in [5.41, 5.74) is 1.40. The average Bonchev–Trinajstić information content (AvgIpc) is 2.59. The van der Waals surface area contributed by atoms with Gasteiger partial charge < -0.3 is 10.3 Å². The van der Waals surface area contributed by atoms with Gasteiger partial charge in [-0.3, -0.25) is 9.59 Å². The SMILES string of the molecule is CNC(=O)Cc1cc(=O)[nH]c(SCc2cccc3ccccc23)n1. The lowest BCUT2D eigenvalue weighted by molar-refractivity contribution is -0.120. The van der Waals surface area contributed by atoms with Crippen molar-refractivity contribution in [3.05, 3.63) is 70.1 Å². The minimum atomic E-state index is -0.246. The maximum atomic E-state index is 11.8. The average molecular weight is 339 g/mol. The zero-order chi connectivity index (χ0) is 16.9. The molecular formula is C18H17N3O2S. The molecule has 1 aromatic heterocycles. The number of aromatic amines is 1. The van der Waals surface area contributed by atoms with Crippen molar-refractivity contribution in [2.45, 2.75) is 17.3 Å². The van der Waals surface area contributed by atoms with E-state index < -0.39 is 0 Å². The second-order valence-corrected chi connectivity index (χ2v) is 6.28. The summed E-state index contributed by atoms with van der Waals surface area (Å²) in [4.78, 5) is 30.3. The quantitative estimate of drug-likeness (QED) is 0.553. The van der Waals surface area contributed by atoms with Crippen LogP contribution in [0.15, 0.2) is 58.5 Å². The Bertz CT molecular complexity index is 931. The number of nitrogens with one attached hydrogen (secondary N) is 2. The van der Waals surface area contributed by atoms with Crippen molar-refractivity contribution in [2.75, 3.05) is 7.05 Å². The summed E-state index contributed by atoms with van der Waals surface area (Å²) < 4.78 is 0. The zero-order valence-electron chi connectivity index (χ0n) is 13.2. The molecule has 0 saturated heterocycles. The molecule has 1 amide bonds. The molecule has 2 N–H and O–H groups in total. The van der Waals surface area contributed by atoms with Gasteiger partial charge in [-0.1, -0.05) is 54.2 Å². The molecule has 0 unspecified atom stereocenters. The van der Waals surface area contributed by atoms with Crippen molar-refractivity contribution in [3.63, 3.8) is 0 Å². The number of thioether (sulfide) groups is 1. The van der Waals surface area contributed by atoms with E-state index in [1.807, 2.05) is 18.2 Å². The van der Waals surface area contributed by atoms with E-state index in [1.165, 1.54) is 34.2 Å². The van der Waals surface area contributed by atoms with E-state index in [9.17, 15) is 9.59 Å². The van der Waals surface area contributed by atoms with Crippen LogP contribution in [0.2, 0.25) is 0 Å². The number of likely N-dealkylation sites (N-methyl/N-ethyl adjacent to an activating group) is 1. The van der Waals surface area contributed by atoms with Crippen LogP contribution < -0.4 is 10.9 Å². The van der Waals surface area contributed by atoms with Crippen molar-refractivity contribution in [3.8, 4) is 0 Å². The Morgan fingerprint density at radius 3 is 2.83 bits per heavy atom. The van der Waals surface area contributed by atoms with E-state index in [0.717, 1.165) is 0 Å². The van der Waals surface area contributed by atoms with Crippen LogP contribution in [0, 0.1) is 0 Å². The molecule has 0 spiro atoms. The zero-order valence-corrected chi connectivity index (χ0v) is 14.0. The Labute approximate surface area is 143 Å². The molecule has 5 nitrogen and oxygen atoms in total. The number of rotatable bonds is 5. The first-order valence-corrected chi connectivity index (χ1v) is 8.54. The number of carbonyl (C=O) groups is 1. The summed E-state index contributed by atoms with van der Waals surface area (Å²) in [7, 11) is 1.56. The molecule has 1 heterocycles. The van der Waals surface area contributed by atoms with Crippen molar-refractivity contribution >= 4 is 28.4 Å². The summed E-state index contributed by atoms with van der Waals surface area (Å²) in [5.74, 6) is 0.520. The molecule has 0 atom stereocenters. The number of H-pyrrole nitrogens is 1. The number of hydrogen-bond acceptors (Lipinski definition) is 4. The second-order valence-electron chi connectivity index (χ2n) is 5.32. The minimum Gasteiger partial charge on any atom is -0.359 e. The molecule has 122 valence electrons. The van der Waals surface area contributed by atoms with Crippen molar-refractivity contribution in [1.29, 1.82) is 0 Å². The van der Waals surface area contributed by atoms with Gasteiger partial charge in [-0.05, 0) is 16.3 Å². The van der Waals surface area contributed by atoms with Gasteiger partial charge in [0.1, 0.15) is 0 Å². The lowest BCUT2D eigenvalue weighted by atomic mass is 10.1. The first kappa shape index (κ1) is 16.3. The van der Waals surface area contributed by atoms with Gasteiger partial charge in [0.2, 0.25) is 5.91 Å². The Kier molecular flexibility index (Phi) is 4.96. The molecule has 0 bridgehead atoms. The third kappa shape index (κ3) is 3.83. The molecule has 0 fully saturated rings. The third-order valence-corrected chi connectivity index (χ3v) is 4.56. The van der Waals surface area contributed by atoms with E-state index in [4.69, 9.17) is 0 Å². The molecule has 0 radical (unpaired) electrons. The van der Waals surface area contributed by atoms with Gasteiger partial charge >= 0.3 is 0 Å². The Hall–Kier alpha value is -2.60. The fourth-order valence-corrected chi connectivity index (χ4v) is 3.36. The predicted molar refractivity (Wildman–Crippen MR) is 96.1 cm³/mol. The highest BCUT2D eigenvalue weighted by Gasteiger charge is 2.08. The summed E-state index contributed by atoms with van der Waals surface area (Å²) >= 11 is 1.45. The third-order valence-electron chi connectivity index (χ3n) is 3.64. The van der Waals surface area contributed by atoms with Crippen LogP contribution in [0.1, 0.15) is 11.3 Å². The highest BCUT2D eigenvalue weighted by Crippen LogP contribution is 2.25. The molecule has 3 aromatic rings. The Morgan fingerprint density at radius 1 is 1.21 bits per heavy atom. The smallest absolute Gasteiger partial charge is 0.251 e. The number of benzene rings is 2. The van der Waals surface area contributed by atoms with Crippen molar-refractivity contribution < 1.29 is 4.79 Å². The van der Waals surface area contributed by atoms with E-state index >= 15 is 0 Å². The summed E-state index contributed by atoms with van der Waals surface area (Å²) in [5, 5.41) is 5.43. The number of nitrogens with zero attached hydrogens (tertiary/aromatic N) is 1. The molecule has 0 saturated carbocycles. The van der Waals surface area contributed by atoms with Gasteiger partial charge in [0.15, 0.2) is 5.16 Å². The molecule has 6 heteroatoms. The van der Waals surface area contributed by atoms with E-state index in [1.54, 1.807) is 7.05 Å². The maximum absolute atomic E-state index is 11.8. The van der Waals surface area contributed by atoms with E-state index in [-0.39, 0.29) is 17.9 Å². The van der Waals surface area contributed by atoms with Gasteiger partial charge in [-0.15, -0.1) is 0 Å². The fourth-order valence-electron chi connectivity index (χ4n) is 2.46. The first-order valence-electron chi connectivity index (χ1n) is 7.56. The van der Waals surface area contributed by atoms with E-state index in [0.29, 0.717) is 16.6 Å². The van der Waals surface area contributed by atoms with Gasteiger partial charge in [-0.25, -0.2) is 4.98 Å². The Morgan fingerprint density at radius 2 is 2.00 bits per heavy atom. The standard InChI is InChI=1S/C18H17N3O2S/c1-19-16(22)9-14-10-17(23)21-18(20-14)24-11-13-7-4-6-12-5-2-3-8-15(12)13/h2-8,10H,9,11H2,1H3,(H,19,22)(H,20,21,23). The molecule has 0 aliphatic carbocycles. The summed E-state index contributed by atoms with van der Waals surface area (Å²) in [6, 6.07) is 15.7. The molecule has 0 aliphatic heterocycles. The van der Waals surface area contributed by atoms with E-state index in [2.05, 4.69) is 39.6 Å². The van der Waals surface area contributed by atoms with Gasteiger partial charge in [-0.2, -0.15) is 0 Å². The molecular weight excluding hydrogens is 322 g/mol. The molecule has 2 aromatic carbocycles. The van der Waals surface area contributed by atoms with Crippen LogP contribution in [-0.4, -0.2) is 22.9 Å². The van der Waals surface area contributed by atoms with Gasteiger partial charge in [0.25, 0.3) is 5.56 Å². The molecule has 0 aliphatic rings. The van der Waals surface area contributed by atoms with Crippen LogP contribution in [0.3, 0.4) is 0 Å². The first-order chi connectivity index (χ1) is 11.7. The Balaban J connectivity index is 1.81. The summed E-state index contributed by atoms with van der Waals surface area (Å²) in [6.45, 7) is 0. The van der Waals surface area contributed by atoms with Gasteiger partial charge in [0.05, 0.1) is 12.1 Å². The number of fused-ring (bicyclic) bond motifs is 1. The largest absolute Gasteiger partial charge is 0.359 e. The van der Waals surface area contributed by atoms with Crippen LogP contribution in [-0.2, 0) is 17.0 Å². The molecule has 24 heavy (non-hydrogen) atoms. The topological polar surface area (TPSA) is 74.8 Å². The number of hydrogen-bond donors (Lipinski definition) is 2. The highest BCUT2D eigenvalue weighted by molar-refractivity contribution is 7.98. The predicted octanol–water partition coefficient (Wildman–Crippen LogP) is 2.50. The number of aromatic nitrogens is 2. The second kappa shape index (κ2) is 7.31. The van der Waals surface area contributed by atoms with Crippen LogP contribution in [0.5, 0.6) is 0 Å². The van der Waals surface area contributed by atoms with Crippen molar-refractivity contribution in [1.82, 2.24) is 15.3 Å². The van der Waals surface area contributed by atoms with Crippen LogP contribution in [0.25, 0.3) is 10.8 Å². The highest BCUT2D eigenvalue weighted by atomic mass is 32.2. The number of amides is 1. The fraction of sp³-hybridized carbons (Fsp3) is 0.167. The minimum absolute atomic E-state index is 0.0995. The van der Waals surface area contributed by atoms with Gasteiger partial charge in [0, 0.05) is 18.9 Å². The molecule has 3 rings (SSSR count).